The second-order valence-electron chi connectivity index (χ2n) is 6.84. The van der Waals surface area contributed by atoms with Crippen LogP contribution in [0.1, 0.15) is 6.92 Å². The number of alkyl halides is 13. The first kappa shape index (κ1) is 31.6. The summed E-state index contributed by atoms with van der Waals surface area (Å²) in [6.45, 7) is -0.0389. The summed E-state index contributed by atoms with van der Waals surface area (Å²) >= 11 is 3.60. The first-order valence-corrected chi connectivity index (χ1v) is 8.97. The van der Waals surface area contributed by atoms with Crippen molar-refractivity contribution in [3.8, 4) is 0 Å². The molecule has 0 aliphatic carbocycles. The highest BCUT2D eigenvalue weighted by Crippen LogP contribution is 2.61. The Labute approximate surface area is 196 Å². The van der Waals surface area contributed by atoms with E-state index < -0.39 is 68.4 Å². The van der Waals surface area contributed by atoms with Gasteiger partial charge in [0.15, 0.2) is 0 Å². The lowest BCUT2D eigenvalue weighted by molar-refractivity contribution is -0.419. The number of anilines is 3. The van der Waals surface area contributed by atoms with Gasteiger partial charge in [0.2, 0.25) is 0 Å². The lowest BCUT2D eigenvalue weighted by Gasteiger charge is -2.41. The molecule has 0 fully saturated rings. The quantitative estimate of drug-likeness (QED) is 0.126. The maximum Gasteiger partial charge on any atom is 0.393 e. The average Bonchev–Trinajstić information content (AvgIpc) is 2.71. The zero-order valence-corrected chi connectivity index (χ0v) is 17.6. The summed E-state index contributed by atoms with van der Waals surface area (Å²) in [5, 5.41) is 33.9. The molecule has 0 radical (unpaired) electrons. The smallest absolute Gasteiger partial charge is 0.393 e. The Kier molecular flexibility index (Phi) is 8.61. The lowest BCUT2D eigenvalue weighted by Crippen LogP contribution is -2.70. The summed E-state index contributed by atoms with van der Waals surface area (Å²) in [7, 11) is 0. The normalized spacial score (nSPS) is 15.3. The van der Waals surface area contributed by atoms with Crippen molar-refractivity contribution in [1.29, 1.82) is 0 Å². The molecule has 1 aromatic carbocycles. The van der Waals surface area contributed by atoms with E-state index in [1.54, 1.807) is 5.43 Å². The highest BCUT2D eigenvalue weighted by molar-refractivity contribution is 6.22. The number of halogens is 13. The predicted molar refractivity (Wildman–Crippen MR) is 98.5 cm³/mol. The second-order valence-corrected chi connectivity index (χ2v) is 7.32. The molecule has 1 atom stereocenters. The largest absolute Gasteiger partial charge is 0.769 e. The van der Waals surface area contributed by atoms with E-state index in [9.17, 15) is 63.1 Å². The minimum atomic E-state index is -7.80. The number of hydrogen-bond acceptors (Lipinski definition) is 8. The van der Waals surface area contributed by atoms with Crippen LogP contribution < -0.4 is 15.9 Å². The van der Waals surface area contributed by atoms with Gasteiger partial charge >= 0.3 is 35.0 Å². The highest BCUT2D eigenvalue weighted by atomic mass is 35.5. The van der Waals surface area contributed by atoms with Crippen molar-refractivity contribution in [3.05, 3.63) is 28.6 Å². The Hall–Kier alpha value is -2.42. The van der Waals surface area contributed by atoms with Crippen molar-refractivity contribution in [3.63, 3.8) is 0 Å². The van der Waals surface area contributed by atoms with Crippen molar-refractivity contribution in [2.75, 3.05) is 15.9 Å². The van der Waals surface area contributed by atoms with Gasteiger partial charge in [-0.3, -0.25) is 15.8 Å². The van der Waals surface area contributed by atoms with E-state index in [1.165, 1.54) is 0 Å². The number of hydrazone groups is 1. The third-order valence-electron chi connectivity index (χ3n) is 4.42. The van der Waals surface area contributed by atoms with Gasteiger partial charge in [0, 0.05) is 11.9 Å². The van der Waals surface area contributed by atoms with Crippen molar-refractivity contribution in [2.45, 2.75) is 41.9 Å². The van der Waals surface area contributed by atoms with Crippen LogP contribution in [0.4, 0.5) is 69.7 Å². The summed E-state index contributed by atoms with van der Waals surface area (Å²) in [5.74, 6) is -40.1. The third-order valence-corrected chi connectivity index (χ3v) is 4.66. The lowest BCUT2D eigenvalue weighted by atomic mass is 9.89. The van der Waals surface area contributed by atoms with Crippen molar-refractivity contribution >= 4 is 34.9 Å². The zero-order chi connectivity index (χ0) is 28.7. The first-order valence-electron chi connectivity index (χ1n) is 8.59. The molecule has 0 saturated heterocycles. The van der Waals surface area contributed by atoms with Crippen LogP contribution in [0.25, 0.3) is 0 Å². The molecule has 0 aliphatic heterocycles. The minimum Gasteiger partial charge on any atom is -0.769 e. The molecule has 0 amide bonds. The molecule has 1 aromatic rings. The summed E-state index contributed by atoms with van der Waals surface area (Å²) < 4.78 is 161. The predicted octanol–water partition coefficient (Wildman–Crippen LogP) is 6.12. The van der Waals surface area contributed by atoms with Crippen molar-refractivity contribution in [1.82, 2.24) is 0 Å². The molecule has 0 bridgehead atoms. The molecule has 3 N–H and O–H groups in total. The summed E-state index contributed by atoms with van der Waals surface area (Å²) in [4.78, 5) is 0. The fourth-order valence-electron chi connectivity index (χ4n) is 2.27. The van der Waals surface area contributed by atoms with Gasteiger partial charge in [0.05, 0.1) is 11.6 Å². The maximum atomic E-state index is 14.1. The van der Waals surface area contributed by atoms with E-state index in [0.717, 1.165) is 0 Å². The summed E-state index contributed by atoms with van der Waals surface area (Å²) in [5.41, 5.74) is -0.642. The van der Waals surface area contributed by atoms with Crippen LogP contribution in [0, 0.1) is 16.3 Å². The van der Waals surface area contributed by atoms with E-state index in [-0.39, 0.29) is 13.1 Å². The Morgan fingerprint density at radius 3 is 1.78 bits per heavy atom. The summed E-state index contributed by atoms with van der Waals surface area (Å²) in [6, 6.07) is 1.83. The number of nitrogens with zero attached hydrogens (tertiary/aromatic N) is 3. The molecule has 8 nitrogen and oxygen atoms in total. The molecule has 208 valence electrons. The fourth-order valence-corrected chi connectivity index (χ4v) is 2.39. The number of nitrogens with one attached hydrogen (secondary N) is 1. The van der Waals surface area contributed by atoms with E-state index >= 15 is 0 Å². The SMILES string of the molecule is CC(C=NNc1ccc(N([O-])[O-])cc1N(O)O)C(F)(F)C(F)(F)C(F)(F)C(F)(F)C(F)(F)C(F)(F)Cl. The Morgan fingerprint density at radius 1 is 0.889 bits per heavy atom. The Morgan fingerprint density at radius 2 is 1.36 bits per heavy atom. The van der Waals surface area contributed by atoms with Gasteiger partial charge in [0.1, 0.15) is 5.69 Å². The van der Waals surface area contributed by atoms with Crippen LogP contribution in [-0.2, 0) is 0 Å². The Bertz CT molecular complexity index is 959. The van der Waals surface area contributed by atoms with Gasteiger partial charge in [-0.25, -0.2) is 0 Å². The molecular weight excluding hydrogens is 564 g/mol. The maximum absolute atomic E-state index is 14.1. The van der Waals surface area contributed by atoms with Gasteiger partial charge in [-0.1, -0.05) is 6.92 Å². The van der Waals surface area contributed by atoms with Crippen molar-refractivity contribution < 1.29 is 63.1 Å². The molecule has 0 spiro atoms. The topological polar surface area (TPSA) is 117 Å². The average molecular weight is 575 g/mol. The number of benzene rings is 1. The van der Waals surface area contributed by atoms with Crippen LogP contribution >= 0.6 is 11.6 Å². The van der Waals surface area contributed by atoms with E-state index in [4.69, 9.17) is 10.4 Å². The zero-order valence-electron chi connectivity index (χ0n) is 16.9. The van der Waals surface area contributed by atoms with Crippen LogP contribution in [0.2, 0.25) is 0 Å². The van der Waals surface area contributed by atoms with E-state index in [1.807, 2.05) is 0 Å². The van der Waals surface area contributed by atoms with Gasteiger partial charge < -0.3 is 15.6 Å². The number of hydrogen-bond donors (Lipinski definition) is 3. The van der Waals surface area contributed by atoms with E-state index in [2.05, 4.69) is 16.7 Å². The van der Waals surface area contributed by atoms with Gasteiger partial charge in [-0.2, -0.15) is 57.8 Å². The number of rotatable bonds is 11. The molecule has 1 rings (SSSR count). The van der Waals surface area contributed by atoms with E-state index in [0.29, 0.717) is 18.2 Å². The standard InChI is InChI=1S/C15H11ClF12N4O4/c1-6(5-29-30-8-3-2-7(31(33)34)4-9(8)32(35)36)10(17,18)11(19,20)12(21,22)13(23,24)14(25,26)15(16,27)28/h2-6,30,35-36H,1H3/q-2. The fraction of sp³-hybridized carbons (Fsp3) is 0.533. The molecule has 0 heterocycles. The molecule has 1 unspecified atom stereocenters. The third kappa shape index (κ3) is 5.17. The monoisotopic (exact) mass is 574 g/mol. The first-order chi connectivity index (χ1) is 15.9. The second kappa shape index (κ2) is 9.80. The van der Waals surface area contributed by atoms with Gasteiger partial charge in [0.25, 0.3) is 0 Å². The molecule has 0 saturated carbocycles. The van der Waals surface area contributed by atoms with Gasteiger partial charge in [-0.15, -0.1) is 5.23 Å². The van der Waals surface area contributed by atoms with Crippen LogP contribution in [0.15, 0.2) is 23.3 Å². The molecule has 0 aliphatic rings. The van der Waals surface area contributed by atoms with Crippen LogP contribution in [0.3, 0.4) is 0 Å². The highest BCUT2D eigenvalue weighted by Gasteiger charge is 2.90. The van der Waals surface area contributed by atoms with Crippen LogP contribution in [0.5, 0.6) is 0 Å². The summed E-state index contributed by atoms with van der Waals surface area (Å²) in [6.07, 6.45) is -0.347. The molecular formula is C15H11ClF12N4O4-2. The minimum absolute atomic E-state index is 0.0389. The Balaban J connectivity index is 3.30. The molecule has 0 aromatic heterocycles. The van der Waals surface area contributed by atoms with Gasteiger partial charge in [-0.05, 0) is 29.8 Å². The van der Waals surface area contributed by atoms with Crippen molar-refractivity contribution in [2.24, 2.45) is 11.0 Å². The molecule has 36 heavy (non-hydrogen) atoms. The molecule has 21 heteroatoms. The van der Waals surface area contributed by atoms with Crippen LogP contribution in [-0.4, -0.2) is 51.6 Å².